The number of aliphatic carboxylic acids is 1. The molecule has 0 radical (unpaired) electrons. The lowest BCUT2D eigenvalue weighted by Gasteiger charge is -2.13. The lowest BCUT2D eigenvalue weighted by atomic mass is 10.0. The molecule has 0 fully saturated rings. The van der Waals surface area contributed by atoms with Crippen molar-refractivity contribution >= 4 is 17.4 Å². The summed E-state index contributed by atoms with van der Waals surface area (Å²) in [6.45, 7) is 3.27. The van der Waals surface area contributed by atoms with E-state index in [9.17, 15) is 9.59 Å². The predicted molar refractivity (Wildman–Crippen MR) is 77.3 cm³/mol. The molecule has 5 nitrogen and oxygen atoms in total. The maximum absolute atomic E-state index is 12.3. The minimum Gasteiger partial charge on any atom is -0.481 e. The van der Waals surface area contributed by atoms with E-state index in [0.29, 0.717) is 18.5 Å². The number of fused-ring (bicyclic) bond motifs is 1. The molecule has 20 heavy (non-hydrogen) atoms. The number of carboxylic acid groups (broad SMARTS) is 1. The summed E-state index contributed by atoms with van der Waals surface area (Å²) in [7, 11) is 0. The molecule has 0 bridgehead atoms. The molecule has 0 spiro atoms. The number of rotatable bonds is 7. The zero-order valence-corrected chi connectivity index (χ0v) is 11.6. The van der Waals surface area contributed by atoms with Gasteiger partial charge in [-0.2, -0.15) is 0 Å². The van der Waals surface area contributed by atoms with Crippen molar-refractivity contribution in [1.29, 1.82) is 0 Å². The second kappa shape index (κ2) is 6.52. The third-order valence-corrected chi connectivity index (χ3v) is 3.51. The Morgan fingerprint density at radius 1 is 1.45 bits per heavy atom. The third-order valence-electron chi connectivity index (χ3n) is 3.51. The van der Waals surface area contributed by atoms with E-state index in [-0.39, 0.29) is 18.2 Å². The molecule has 3 N–H and O–H groups in total. The molecule has 1 heterocycles. The van der Waals surface area contributed by atoms with Crippen LogP contribution in [0.25, 0.3) is 0 Å². The number of nitrogens with one attached hydrogen (secondary N) is 2. The van der Waals surface area contributed by atoms with E-state index >= 15 is 0 Å². The summed E-state index contributed by atoms with van der Waals surface area (Å²) in [6, 6.07) is 5.45. The molecule has 1 atom stereocenters. The van der Waals surface area contributed by atoms with Crippen molar-refractivity contribution in [3.8, 4) is 0 Å². The largest absolute Gasteiger partial charge is 0.481 e. The third kappa shape index (κ3) is 3.57. The first-order chi connectivity index (χ1) is 9.58. The number of carbonyl (C=O) groups excluding carboxylic acids is 1. The van der Waals surface area contributed by atoms with Crippen LogP contribution in [0.1, 0.15) is 35.7 Å². The van der Waals surface area contributed by atoms with E-state index in [2.05, 4.69) is 10.6 Å². The Balaban J connectivity index is 1.88. The normalized spacial score (nSPS) is 14.4. The lowest BCUT2D eigenvalue weighted by molar-refractivity contribution is -0.137. The molecule has 0 aromatic heterocycles. The van der Waals surface area contributed by atoms with E-state index in [0.717, 1.165) is 18.7 Å². The average Bonchev–Trinajstić information content (AvgIpc) is 2.89. The molecular weight excluding hydrogens is 256 g/mol. The van der Waals surface area contributed by atoms with Crippen LogP contribution in [0.4, 0.5) is 5.69 Å². The zero-order chi connectivity index (χ0) is 14.5. The van der Waals surface area contributed by atoms with Gasteiger partial charge in [0.1, 0.15) is 0 Å². The van der Waals surface area contributed by atoms with Gasteiger partial charge in [0, 0.05) is 24.2 Å². The van der Waals surface area contributed by atoms with Crippen LogP contribution in [0, 0.1) is 0 Å². The van der Waals surface area contributed by atoms with Gasteiger partial charge in [-0.1, -0.05) is 0 Å². The maximum Gasteiger partial charge on any atom is 0.303 e. The van der Waals surface area contributed by atoms with Crippen molar-refractivity contribution in [2.75, 3.05) is 18.4 Å². The number of carbonyl (C=O) groups is 2. The highest BCUT2D eigenvalue weighted by molar-refractivity contribution is 6.00. The van der Waals surface area contributed by atoms with Crippen molar-refractivity contribution in [2.45, 2.75) is 32.2 Å². The fraction of sp³-hybridized carbons (Fsp3) is 0.467. The van der Waals surface area contributed by atoms with Crippen LogP contribution in [0.15, 0.2) is 18.2 Å². The lowest BCUT2D eigenvalue weighted by Crippen LogP contribution is -2.34. The monoisotopic (exact) mass is 276 g/mol. The Hall–Kier alpha value is -1.88. The number of hydrogen-bond donors (Lipinski definition) is 3. The van der Waals surface area contributed by atoms with Gasteiger partial charge in [0.15, 0.2) is 5.78 Å². The highest BCUT2D eigenvalue weighted by Gasteiger charge is 2.17. The second-order valence-corrected chi connectivity index (χ2v) is 5.09. The van der Waals surface area contributed by atoms with Gasteiger partial charge in [0.05, 0.1) is 6.04 Å². The van der Waals surface area contributed by atoms with E-state index < -0.39 is 5.97 Å². The Bertz CT molecular complexity index is 514. The summed E-state index contributed by atoms with van der Waals surface area (Å²) in [4.78, 5) is 22.7. The maximum atomic E-state index is 12.3. The van der Waals surface area contributed by atoms with Gasteiger partial charge in [-0.05, 0) is 50.1 Å². The van der Waals surface area contributed by atoms with E-state index in [1.807, 2.05) is 25.1 Å². The molecule has 0 aliphatic carbocycles. The summed E-state index contributed by atoms with van der Waals surface area (Å²) in [5, 5.41) is 14.9. The molecule has 0 amide bonds. The zero-order valence-electron chi connectivity index (χ0n) is 11.6. The predicted octanol–water partition coefficient (Wildman–Crippen LogP) is 1.68. The van der Waals surface area contributed by atoms with Gasteiger partial charge in [-0.3, -0.25) is 9.59 Å². The number of ketones is 1. The molecule has 1 unspecified atom stereocenters. The molecule has 108 valence electrons. The van der Waals surface area contributed by atoms with Gasteiger partial charge >= 0.3 is 5.97 Å². The molecule has 1 aliphatic rings. The average molecular weight is 276 g/mol. The van der Waals surface area contributed by atoms with Crippen LogP contribution in [0.5, 0.6) is 0 Å². The molecular formula is C15H20N2O3. The van der Waals surface area contributed by atoms with Crippen LogP contribution < -0.4 is 10.6 Å². The molecule has 0 saturated heterocycles. The Morgan fingerprint density at radius 3 is 3.00 bits per heavy atom. The summed E-state index contributed by atoms with van der Waals surface area (Å²) in [5.41, 5.74) is 3.02. The Labute approximate surface area is 118 Å². The molecule has 1 aromatic rings. The molecule has 2 rings (SSSR count). The van der Waals surface area contributed by atoms with Crippen LogP contribution in [0.2, 0.25) is 0 Å². The molecule has 0 saturated carbocycles. The fourth-order valence-corrected chi connectivity index (χ4v) is 2.36. The molecule has 1 aromatic carbocycles. The van der Waals surface area contributed by atoms with Crippen molar-refractivity contribution in [3.63, 3.8) is 0 Å². The number of hydrogen-bond acceptors (Lipinski definition) is 4. The Morgan fingerprint density at radius 2 is 2.25 bits per heavy atom. The van der Waals surface area contributed by atoms with Crippen molar-refractivity contribution in [2.24, 2.45) is 0 Å². The highest BCUT2D eigenvalue weighted by Crippen LogP contribution is 2.23. The smallest absolute Gasteiger partial charge is 0.303 e. The van der Waals surface area contributed by atoms with Gasteiger partial charge in [0.2, 0.25) is 0 Å². The highest BCUT2D eigenvalue weighted by atomic mass is 16.4. The number of carboxylic acids is 1. The Kier molecular flexibility index (Phi) is 4.74. The summed E-state index contributed by atoms with van der Waals surface area (Å²) in [5.74, 6) is -0.757. The summed E-state index contributed by atoms with van der Waals surface area (Å²) in [6.07, 6.45) is 1.61. The van der Waals surface area contributed by atoms with E-state index in [4.69, 9.17) is 5.11 Å². The van der Waals surface area contributed by atoms with E-state index in [1.54, 1.807) is 0 Å². The second-order valence-electron chi connectivity index (χ2n) is 5.09. The van der Waals surface area contributed by atoms with Crippen LogP contribution in [-0.2, 0) is 11.2 Å². The summed E-state index contributed by atoms with van der Waals surface area (Å²) < 4.78 is 0. The molecule has 1 aliphatic heterocycles. The van der Waals surface area contributed by atoms with Crippen molar-refractivity contribution in [3.05, 3.63) is 29.3 Å². The van der Waals surface area contributed by atoms with Gasteiger partial charge < -0.3 is 15.7 Å². The number of Topliss-reactive ketones (excluding diaryl/α,β-unsaturated/α-hetero) is 1. The van der Waals surface area contributed by atoms with E-state index in [1.165, 1.54) is 5.56 Å². The first-order valence-electron chi connectivity index (χ1n) is 6.94. The van der Waals surface area contributed by atoms with Crippen LogP contribution in [-0.4, -0.2) is 36.0 Å². The first kappa shape index (κ1) is 14.5. The number of anilines is 1. The van der Waals surface area contributed by atoms with Gasteiger partial charge in [-0.15, -0.1) is 0 Å². The first-order valence-corrected chi connectivity index (χ1v) is 6.94. The fourth-order valence-electron chi connectivity index (χ4n) is 2.36. The van der Waals surface area contributed by atoms with Gasteiger partial charge in [-0.25, -0.2) is 0 Å². The quantitative estimate of drug-likeness (QED) is 0.521. The molecule has 5 heteroatoms. The SMILES string of the molecule is CC(NCCCC(=O)O)C(=O)c1ccc2c(c1)CCN2. The van der Waals surface area contributed by atoms with Crippen LogP contribution >= 0.6 is 0 Å². The van der Waals surface area contributed by atoms with Crippen molar-refractivity contribution < 1.29 is 14.7 Å². The summed E-state index contributed by atoms with van der Waals surface area (Å²) >= 11 is 0. The van der Waals surface area contributed by atoms with Crippen LogP contribution in [0.3, 0.4) is 0 Å². The minimum absolute atomic E-state index is 0.0509. The number of benzene rings is 1. The topological polar surface area (TPSA) is 78.4 Å². The van der Waals surface area contributed by atoms with Crippen molar-refractivity contribution in [1.82, 2.24) is 5.32 Å². The standard InChI is InChI=1S/C15H20N2O3/c1-10(16-7-2-3-14(18)19)15(20)12-4-5-13-11(9-12)6-8-17-13/h4-5,9-10,16-17H,2-3,6-8H2,1H3,(H,18,19). The minimum atomic E-state index is -0.808. The van der Waals surface area contributed by atoms with Gasteiger partial charge in [0.25, 0.3) is 0 Å².